The van der Waals surface area contributed by atoms with Crippen molar-refractivity contribution in [2.75, 3.05) is 13.2 Å². The first kappa shape index (κ1) is 20.4. The zero-order chi connectivity index (χ0) is 20.5. The highest BCUT2D eigenvalue weighted by atomic mass is 35.5. The highest BCUT2D eigenvalue weighted by molar-refractivity contribution is 6.31. The molecule has 3 rings (SSSR count). The summed E-state index contributed by atoms with van der Waals surface area (Å²) in [6.07, 6.45) is 0. The number of hydrogen-bond donors (Lipinski definition) is 2. The van der Waals surface area contributed by atoms with Gasteiger partial charge in [0.1, 0.15) is 11.5 Å². The van der Waals surface area contributed by atoms with E-state index in [-0.39, 0.29) is 18.3 Å². The van der Waals surface area contributed by atoms with Crippen LogP contribution in [0.5, 0.6) is 0 Å². The Morgan fingerprint density at radius 2 is 2.00 bits per heavy atom. The number of nitrogens with one attached hydrogen (secondary N) is 1. The maximum absolute atomic E-state index is 14.0. The molecule has 0 saturated heterocycles. The zero-order valence-electron chi connectivity index (χ0n) is 16.2. The molecule has 0 aliphatic heterocycles. The summed E-state index contributed by atoms with van der Waals surface area (Å²) < 4.78 is 15.9. The van der Waals surface area contributed by atoms with Gasteiger partial charge in [-0.3, -0.25) is 4.79 Å². The first-order valence-electron chi connectivity index (χ1n) is 9.14. The molecule has 1 heterocycles. The normalized spacial score (nSPS) is 11.8. The van der Waals surface area contributed by atoms with Gasteiger partial charge in [0.25, 0.3) is 5.91 Å². The molecule has 2 N–H and O–H groups in total. The topological polar surface area (TPSA) is 54.3 Å². The van der Waals surface area contributed by atoms with E-state index in [0.29, 0.717) is 29.4 Å². The number of carbonyl (C=O) groups is 1. The average molecular weight is 403 g/mol. The molecule has 0 saturated carbocycles. The van der Waals surface area contributed by atoms with Crippen molar-refractivity contribution in [3.8, 4) is 0 Å². The summed E-state index contributed by atoms with van der Waals surface area (Å²) in [4.78, 5) is 12.9. The first-order valence-corrected chi connectivity index (χ1v) is 9.51. The SMILES string of the molecule is Cc1c(F)cccc1Cn1c(C(=O)NCC(C)(C)CO)cc2cc(Cl)ccc21. The highest BCUT2D eigenvalue weighted by Gasteiger charge is 2.21. The Balaban J connectivity index is 2.03. The van der Waals surface area contributed by atoms with Gasteiger partial charge in [-0.1, -0.05) is 37.6 Å². The number of aromatic nitrogens is 1. The standard InChI is InChI=1S/C22H24ClFN2O2/c1-14-15(5-4-6-18(14)24)11-26-19-8-7-17(23)9-16(19)10-20(26)21(28)25-12-22(2,3)13-27/h4-10,27H,11-13H2,1-3H3,(H,25,28). The van der Waals surface area contributed by atoms with E-state index in [1.165, 1.54) is 6.07 Å². The predicted octanol–water partition coefficient (Wildman–Crippen LogP) is 4.54. The number of halogens is 2. The van der Waals surface area contributed by atoms with Gasteiger partial charge >= 0.3 is 0 Å². The summed E-state index contributed by atoms with van der Waals surface area (Å²) >= 11 is 6.12. The lowest BCUT2D eigenvalue weighted by atomic mass is 9.95. The maximum atomic E-state index is 14.0. The van der Waals surface area contributed by atoms with Crippen LogP contribution in [0.25, 0.3) is 10.9 Å². The summed E-state index contributed by atoms with van der Waals surface area (Å²) in [5.74, 6) is -0.518. The summed E-state index contributed by atoms with van der Waals surface area (Å²) in [5, 5.41) is 13.7. The van der Waals surface area contributed by atoms with Crippen LogP contribution in [0.1, 0.15) is 35.5 Å². The highest BCUT2D eigenvalue weighted by Crippen LogP contribution is 2.26. The summed E-state index contributed by atoms with van der Waals surface area (Å²) in [5.41, 5.74) is 2.26. The van der Waals surface area contributed by atoms with Crippen molar-refractivity contribution in [3.05, 3.63) is 70.1 Å². The Morgan fingerprint density at radius 3 is 2.71 bits per heavy atom. The first-order chi connectivity index (χ1) is 13.2. The van der Waals surface area contributed by atoms with Crippen molar-refractivity contribution >= 4 is 28.4 Å². The third kappa shape index (κ3) is 4.21. The van der Waals surface area contributed by atoms with E-state index in [0.717, 1.165) is 16.5 Å². The molecule has 1 amide bonds. The lowest BCUT2D eigenvalue weighted by Gasteiger charge is -2.22. The molecule has 6 heteroatoms. The lowest BCUT2D eigenvalue weighted by molar-refractivity contribution is 0.0903. The number of benzene rings is 2. The Hall–Kier alpha value is -2.37. The number of fused-ring (bicyclic) bond motifs is 1. The molecule has 1 aromatic heterocycles. The van der Waals surface area contributed by atoms with Gasteiger partial charge in [0.05, 0.1) is 0 Å². The van der Waals surface area contributed by atoms with Crippen LogP contribution in [0.4, 0.5) is 4.39 Å². The zero-order valence-corrected chi connectivity index (χ0v) is 17.0. The van der Waals surface area contributed by atoms with Crippen LogP contribution in [0.2, 0.25) is 5.02 Å². The Kier molecular flexibility index (Phi) is 5.77. The van der Waals surface area contributed by atoms with E-state index in [1.807, 2.05) is 30.5 Å². The second kappa shape index (κ2) is 7.94. The number of aliphatic hydroxyl groups excluding tert-OH is 1. The van der Waals surface area contributed by atoms with Crippen LogP contribution < -0.4 is 5.32 Å². The molecular formula is C22H24ClFN2O2. The van der Waals surface area contributed by atoms with Crippen LogP contribution in [-0.4, -0.2) is 28.7 Å². The van der Waals surface area contributed by atoms with Crippen molar-refractivity contribution in [2.24, 2.45) is 5.41 Å². The van der Waals surface area contributed by atoms with E-state index in [9.17, 15) is 14.3 Å². The number of rotatable bonds is 6. The van der Waals surface area contributed by atoms with Crippen molar-refractivity contribution in [1.29, 1.82) is 0 Å². The number of hydrogen-bond acceptors (Lipinski definition) is 2. The number of amides is 1. The Morgan fingerprint density at radius 1 is 1.25 bits per heavy atom. The van der Waals surface area contributed by atoms with Gasteiger partial charge in [0, 0.05) is 41.0 Å². The van der Waals surface area contributed by atoms with Gasteiger partial charge in [-0.25, -0.2) is 4.39 Å². The molecule has 0 aliphatic carbocycles. The molecule has 0 radical (unpaired) electrons. The molecule has 28 heavy (non-hydrogen) atoms. The summed E-state index contributed by atoms with van der Waals surface area (Å²) in [6.45, 7) is 6.15. The smallest absolute Gasteiger partial charge is 0.267 e. The molecule has 0 atom stereocenters. The van der Waals surface area contributed by atoms with Gasteiger partial charge in [-0.15, -0.1) is 0 Å². The van der Waals surface area contributed by atoms with E-state index in [2.05, 4.69) is 5.32 Å². The van der Waals surface area contributed by atoms with Crippen LogP contribution in [0.15, 0.2) is 42.5 Å². The molecule has 0 spiro atoms. The van der Waals surface area contributed by atoms with Crippen molar-refractivity contribution in [3.63, 3.8) is 0 Å². The fraction of sp³-hybridized carbons (Fsp3) is 0.318. The quantitative estimate of drug-likeness (QED) is 0.636. The second-order valence-electron chi connectivity index (χ2n) is 7.85. The van der Waals surface area contributed by atoms with Crippen LogP contribution in [0.3, 0.4) is 0 Å². The van der Waals surface area contributed by atoms with Crippen LogP contribution in [-0.2, 0) is 6.54 Å². The third-order valence-electron chi connectivity index (χ3n) is 4.96. The second-order valence-corrected chi connectivity index (χ2v) is 8.28. The molecule has 148 valence electrons. The number of carbonyl (C=O) groups excluding carboxylic acids is 1. The molecule has 0 aliphatic rings. The molecule has 4 nitrogen and oxygen atoms in total. The minimum Gasteiger partial charge on any atom is -0.396 e. The van der Waals surface area contributed by atoms with Crippen LogP contribution >= 0.6 is 11.6 Å². The van der Waals surface area contributed by atoms with Gasteiger partial charge in [-0.05, 0) is 48.4 Å². The van der Waals surface area contributed by atoms with Gasteiger partial charge in [0.15, 0.2) is 0 Å². The minimum atomic E-state index is -0.422. The lowest BCUT2D eigenvalue weighted by Crippen LogP contribution is -2.36. The van der Waals surface area contributed by atoms with Gasteiger partial charge < -0.3 is 15.0 Å². The maximum Gasteiger partial charge on any atom is 0.267 e. The minimum absolute atomic E-state index is 0.0334. The summed E-state index contributed by atoms with van der Waals surface area (Å²) in [6, 6.07) is 12.2. The molecule has 2 aromatic carbocycles. The monoisotopic (exact) mass is 402 g/mol. The molecule has 3 aromatic rings. The molecule has 0 unspecified atom stereocenters. The predicted molar refractivity (Wildman–Crippen MR) is 110 cm³/mol. The molecule has 0 fully saturated rings. The molecule has 0 bridgehead atoms. The van der Waals surface area contributed by atoms with Crippen LogP contribution in [0, 0.1) is 18.2 Å². The van der Waals surface area contributed by atoms with Gasteiger partial charge in [-0.2, -0.15) is 0 Å². The van der Waals surface area contributed by atoms with Crippen molar-refractivity contribution < 1.29 is 14.3 Å². The Labute approximate surface area is 168 Å². The fourth-order valence-electron chi connectivity index (χ4n) is 3.06. The Bertz CT molecular complexity index is 1030. The van der Waals surface area contributed by atoms with E-state index < -0.39 is 5.41 Å². The van der Waals surface area contributed by atoms with Gasteiger partial charge in [0.2, 0.25) is 0 Å². The average Bonchev–Trinajstić information content (AvgIpc) is 3.01. The number of aliphatic hydroxyl groups is 1. The molecular weight excluding hydrogens is 379 g/mol. The summed E-state index contributed by atoms with van der Waals surface area (Å²) in [7, 11) is 0. The van der Waals surface area contributed by atoms with E-state index in [1.54, 1.807) is 31.2 Å². The third-order valence-corrected chi connectivity index (χ3v) is 5.19. The fourth-order valence-corrected chi connectivity index (χ4v) is 3.24. The van der Waals surface area contributed by atoms with E-state index in [4.69, 9.17) is 11.6 Å². The van der Waals surface area contributed by atoms with E-state index >= 15 is 0 Å². The number of nitrogens with zero attached hydrogens (tertiary/aromatic N) is 1. The van der Waals surface area contributed by atoms with Crippen molar-refractivity contribution in [2.45, 2.75) is 27.3 Å². The van der Waals surface area contributed by atoms with Crippen molar-refractivity contribution in [1.82, 2.24) is 9.88 Å². The largest absolute Gasteiger partial charge is 0.396 e.